The summed E-state index contributed by atoms with van der Waals surface area (Å²) in [6.07, 6.45) is 4.38. The highest BCUT2D eigenvalue weighted by Crippen LogP contribution is 2.35. The van der Waals surface area contributed by atoms with Gasteiger partial charge in [-0.3, -0.25) is 0 Å². The van der Waals surface area contributed by atoms with E-state index in [9.17, 15) is 4.57 Å². The summed E-state index contributed by atoms with van der Waals surface area (Å²) in [6.45, 7) is 0. The maximum Gasteiger partial charge on any atom is 0.541 e. The van der Waals surface area contributed by atoms with Gasteiger partial charge in [0.25, 0.3) is 5.85 Å². The van der Waals surface area contributed by atoms with Gasteiger partial charge in [-0.25, -0.2) is 0 Å². The molecule has 0 heterocycles. The molecule has 0 aromatic carbocycles. The molecule has 2 atom stereocenters. The van der Waals surface area contributed by atoms with Crippen LogP contribution in [0.15, 0.2) is 0 Å². The third-order valence-electron chi connectivity index (χ3n) is 1.94. The monoisotopic (exact) mass is 255 g/mol. The van der Waals surface area contributed by atoms with Gasteiger partial charge in [-0.2, -0.15) is 0 Å². The van der Waals surface area contributed by atoms with E-state index in [1.54, 1.807) is 0 Å². The molecule has 0 saturated heterocycles. The highest BCUT2D eigenvalue weighted by Gasteiger charge is 2.34. The van der Waals surface area contributed by atoms with E-state index in [1.807, 2.05) is 0 Å². The first-order valence-corrected chi connectivity index (χ1v) is 6.48. The number of aliphatic hydroxyl groups is 1. The van der Waals surface area contributed by atoms with E-state index in [1.165, 1.54) is 0 Å². The molecule has 0 bridgehead atoms. The second kappa shape index (κ2) is 5.28. The maximum atomic E-state index is 11.2. The molecule has 0 aromatic rings. The summed E-state index contributed by atoms with van der Waals surface area (Å²) < 4.78 is 16.4. The van der Waals surface area contributed by atoms with Crippen LogP contribution in [0, 0.1) is 0 Å². The van der Waals surface area contributed by atoms with Crippen molar-refractivity contribution >= 4 is 24.0 Å². The fourth-order valence-electron chi connectivity index (χ4n) is 1.27. The molecule has 0 radical (unpaired) electrons. The van der Waals surface area contributed by atoms with Crippen molar-refractivity contribution in [3.8, 4) is 0 Å². The highest BCUT2D eigenvalue weighted by molar-refractivity contribution is 9.09. The lowest BCUT2D eigenvalue weighted by molar-refractivity contribution is 0.188. The van der Waals surface area contributed by atoms with Crippen LogP contribution in [0.5, 0.6) is 0 Å². The summed E-state index contributed by atoms with van der Waals surface area (Å²) in [6, 6.07) is 0. The van der Waals surface area contributed by atoms with Crippen molar-refractivity contribution in [3.05, 3.63) is 0 Å². The Morgan fingerprint density at radius 2 is 2.17 bits per heavy atom. The second-order valence-corrected chi connectivity index (χ2v) is 4.96. The van der Waals surface area contributed by atoms with E-state index in [2.05, 4.69) is 15.9 Å². The van der Waals surface area contributed by atoms with E-state index in [0.29, 0.717) is 5.33 Å². The Bertz CT molecular complexity index is 159. The minimum Gasteiger partial charge on any atom is -0.348 e. The molecule has 1 saturated carbocycles. The second-order valence-electron chi connectivity index (χ2n) is 2.93. The van der Waals surface area contributed by atoms with Gasteiger partial charge in [0.1, 0.15) is 6.10 Å². The highest BCUT2D eigenvalue weighted by atomic mass is 79.9. The van der Waals surface area contributed by atoms with Crippen LogP contribution in [0.1, 0.15) is 25.7 Å². The Labute approximate surface area is 81.5 Å². The summed E-state index contributed by atoms with van der Waals surface area (Å²) >= 11 is 3.05. The predicted molar refractivity (Wildman–Crippen MR) is 50.7 cm³/mol. The molecule has 1 fully saturated rings. The molecule has 5 heteroatoms. The summed E-state index contributed by atoms with van der Waals surface area (Å²) in [5, 5.41) is 9.45. The van der Waals surface area contributed by atoms with Crippen LogP contribution in [0.25, 0.3) is 0 Å². The van der Waals surface area contributed by atoms with E-state index in [4.69, 9.17) is 9.63 Å². The van der Waals surface area contributed by atoms with Gasteiger partial charge < -0.3 is 5.11 Å². The zero-order valence-electron chi connectivity index (χ0n) is 6.78. The Morgan fingerprint density at radius 3 is 2.67 bits per heavy atom. The van der Waals surface area contributed by atoms with Crippen molar-refractivity contribution < 1.29 is 14.2 Å². The molecule has 0 amide bonds. The minimum absolute atomic E-state index is 0.113. The first-order chi connectivity index (χ1) is 5.74. The largest absolute Gasteiger partial charge is 0.541 e. The van der Waals surface area contributed by atoms with Crippen molar-refractivity contribution in [2.24, 2.45) is 0 Å². The molecule has 12 heavy (non-hydrogen) atoms. The topological polar surface area (TPSA) is 46.5 Å². The standard InChI is InChI=1S/C7H13BrO3P/c8-5-7(9)12(10)11-6-3-1-2-4-6/h6-7,9H,1-5H2/q+1. The fraction of sp³-hybridized carbons (Fsp3) is 1.00. The third-order valence-corrected chi connectivity index (χ3v) is 4.23. The predicted octanol–water partition coefficient (Wildman–Crippen LogP) is 2.40. The van der Waals surface area contributed by atoms with Crippen molar-refractivity contribution in [1.29, 1.82) is 0 Å². The molecule has 70 valence electrons. The van der Waals surface area contributed by atoms with Gasteiger partial charge in [-0.15, -0.1) is 4.52 Å². The molecule has 1 rings (SSSR count). The molecule has 1 aliphatic rings. The molecule has 0 aromatic heterocycles. The van der Waals surface area contributed by atoms with Crippen LogP contribution in [-0.4, -0.2) is 22.4 Å². The summed E-state index contributed by atoms with van der Waals surface area (Å²) in [4.78, 5) is 0. The molecule has 3 nitrogen and oxygen atoms in total. The van der Waals surface area contributed by atoms with Gasteiger partial charge in [0.2, 0.25) is 0 Å². The average Bonchev–Trinajstić information content (AvgIpc) is 2.55. The van der Waals surface area contributed by atoms with Crippen molar-refractivity contribution in [1.82, 2.24) is 0 Å². The van der Waals surface area contributed by atoms with Crippen LogP contribution < -0.4 is 0 Å². The zero-order valence-corrected chi connectivity index (χ0v) is 9.26. The van der Waals surface area contributed by atoms with E-state index < -0.39 is 13.9 Å². The first-order valence-electron chi connectivity index (χ1n) is 4.11. The lowest BCUT2D eigenvalue weighted by atomic mass is 10.3. The zero-order chi connectivity index (χ0) is 8.97. The summed E-state index contributed by atoms with van der Waals surface area (Å²) in [5.41, 5.74) is 0. The van der Waals surface area contributed by atoms with Crippen LogP contribution in [-0.2, 0) is 9.09 Å². The number of halogens is 1. The molecule has 1 aliphatic carbocycles. The first kappa shape index (κ1) is 10.6. The molecule has 2 unspecified atom stereocenters. The van der Waals surface area contributed by atoms with E-state index >= 15 is 0 Å². The Hall–Kier alpha value is 0.500. The van der Waals surface area contributed by atoms with Crippen LogP contribution >= 0.6 is 24.0 Å². The van der Waals surface area contributed by atoms with Crippen molar-refractivity contribution in [2.45, 2.75) is 37.6 Å². The lowest BCUT2D eigenvalue weighted by Gasteiger charge is -2.00. The van der Waals surface area contributed by atoms with Crippen molar-refractivity contribution in [3.63, 3.8) is 0 Å². The minimum atomic E-state index is -1.89. The van der Waals surface area contributed by atoms with Crippen molar-refractivity contribution in [2.75, 3.05) is 5.33 Å². The molecule has 0 aliphatic heterocycles. The number of aliphatic hydroxyl groups excluding tert-OH is 1. The average molecular weight is 256 g/mol. The number of alkyl halides is 1. The number of hydrogen-bond acceptors (Lipinski definition) is 3. The van der Waals surface area contributed by atoms with Gasteiger partial charge >= 0.3 is 8.03 Å². The van der Waals surface area contributed by atoms with Crippen LogP contribution in [0.4, 0.5) is 0 Å². The molecule has 1 N–H and O–H groups in total. The Kier molecular flexibility index (Phi) is 4.65. The fourth-order valence-corrected chi connectivity index (χ4v) is 2.73. The lowest BCUT2D eigenvalue weighted by Crippen LogP contribution is -2.08. The van der Waals surface area contributed by atoms with Gasteiger partial charge in [0, 0.05) is 0 Å². The van der Waals surface area contributed by atoms with Crippen LogP contribution in [0.3, 0.4) is 0 Å². The maximum absolute atomic E-state index is 11.2. The normalized spacial score (nSPS) is 22.7. The van der Waals surface area contributed by atoms with Gasteiger partial charge in [-0.05, 0) is 17.4 Å². The summed E-state index contributed by atoms with van der Waals surface area (Å²) in [5.74, 6) is -0.861. The third kappa shape index (κ3) is 3.09. The quantitative estimate of drug-likeness (QED) is 0.620. The van der Waals surface area contributed by atoms with E-state index in [-0.39, 0.29) is 6.10 Å². The van der Waals surface area contributed by atoms with Gasteiger partial charge in [0.05, 0.1) is 5.33 Å². The number of rotatable bonds is 4. The molecule has 0 spiro atoms. The van der Waals surface area contributed by atoms with Gasteiger partial charge in [0.15, 0.2) is 0 Å². The SMILES string of the molecule is O=[P+](OC1CCCC1)C(O)CBr. The Balaban J connectivity index is 2.25. The molecular formula is C7H13BrO3P+. The Morgan fingerprint density at radius 1 is 1.58 bits per heavy atom. The molecular weight excluding hydrogens is 243 g/mol. The summed E-state index contributed by atoms with van der Waals surface area (Å²) in [7, 11) is -1.89. The van der Waals surface area contributed by atoms with Gasteiger partial charge in [-0.1, -0.05) is 28.8 Å². The smallest absolute Gasteiger partial charge is 0.348 e. The number of hydrogen-bond donors (Lipinski definition) is 1. The van der Waals surface area contributed by atoms with Crippen LogP contribution in [0.2, 0.25) is 0 Å². The van der Waals surface area contributed by atoms with E-state index in [0.717, 1.165) is 25.7 Å².